The Kier molecular flexibility index (Phi) is 6.21. The quantitative estimate of drug-likeness (QED) is 0.813. The first kappa shape index (κ1) is 17.8. The summed E-state index contributed by atoms with van der Waals surface area (Å²) in [6.45, 7) is 3.98. The third kappa shape index (κ3) is 4.99. The maximum atomic E-state index is 12.1. The predicted molar refractivity (Wildman–Crippen MR) is 93.2 cm³/mol. The first-order valence-electron chi connectivity index (χ1n) is 7.62. The Bertz CT molecular complexity index is 716. The molecule has 0 bridgehead atoms. The number of nitrogens with one attached hydrogen (secondary N) is 2. The molecular weight excluding hydrogens is 328 g/mol. The summed E-state index contributed by atoms with van der Waals surface area (Å²) >= 11 is 5.77. The summed E-state index contributed by atoms with van der Waals surface area (Å²) in [6.07, 6.45) is 0.932. The van der Waals surface area contributed by atoms with Crippen LogP contribution in [0.1, 0.15) is 41.0 Å². The molecule has 2 aromatic carbocycles. The number of carbonyl (C=O) groups is 2. The molecule has 0 fully saturated rings. The van der Waals surface area contributed by atoms with E-state index in [0.29, 0.717) is 21.9 Å². The minimum atomic E-state index is -0.424. The zero-order valence-electron chi connectivity index (χ0n) is 13.5. The normalized spacial score (nSPS) is 11.5. The molecular formula is C18H19ClN2O3. The largest absolute Gasteiger partial charge is 0.491 e. The fourth-order valence-corrected chi connectivity index (χ4v) is 2.01. The zero-order chi connectivity index (χ0) is 17.5. The van der Waals surface area contributed by atoms with Gasteiger partial charge in [-0.25, -0.2) is 0 Å². The van der Waals surface area contributed by atoms with Crippen molar-refractivity contribution in [3.8, 4) is 5.75 Å². The van der Waals surface area contributed by atoms with Gasteiger partial charge >= 0.3 is 0 Å². The van der Waals surface area contributed by atoms with Crippen LogP contribution in [0.3, 0.4) is 0 Å². The first-order valence-corrected chi connectivity index (χ1v) is 8.00. The van der Waals surface area contributed by atoms with Crippen molar-refractivity contribution in [3.63, 3.8) is 0 Å². The second-order valence-corrected chi connectivity index (χ2v) is 5.72. The summed E-state index contributed by atoms with van der Waals surface area (Å²) in [5, 5.41) is 0.536. The minimum absolute atomic E-state index is 0.0629. The third-order valence-corrected chi connectivity index (χ3v) is 3.66. The Morgan fingerprint density at radius 3 is 2.29 bits per heavy atom. The second kappa shape index (κ2) is 8.36. The number of hydrogen-bond acceptors (Lipinski definition) is 3. The topological polar surface area (TPSA) is 67.4 Å². The number of benzene rings is 2. The average Bonchev–Trinajstić information content (AvgIpc) is 2.60. The lowest BCUT2D eigenvalue weighted by molar-refractivity contribution is 0.0846. The van der Waals surface area contributed by atoms with E-state index in [1.165, 1.54) is 0 Å². The highest BCUT2D eigenvalue weighted by Crippen LogP contribution is 2.16. The van der Waals surface area contributed by atoms with Gasteiger partial charge in [-0.15, -0.1) is 0 Å². The highest BCUT2D eigenvalue weighted by molar-refractivity contribution is 6.30. The van der Waals surface area contributed by atoms with Crippen molar-refractivity contribution in [1.82, 2.24) is 10.9 Å². The fraction of sp³-hybridized carbons (Fsp3) is 0.222. The lowest BCUT2D eigenvalue weighted by Crippen LogP contribution is -2.41. The molecule has 2 amide bonds. The van der Waals surface area contributed by atoms with Gasteiger partial charge in [0.1, 0.15) is 5.75 Å². The first-order chi connectivity index (χ1) is 11.5. The molecule has 0 radical (unpaired) electrons. The number of halogens is 1. The highest BCUT2D eigenvalue weighted by atomic mass is 35.5. The Balaban J connectivity index is 1.96. The number of carbonyl (C=O) groups excluding carboxylic acids is 2. The van der Waals surface area contributed by atoms with E-state index in [1.807, 2.05) is 13.8 Å². The molecule has 24 heavy (non-hydrogen) atoms. The lowest BCUT2D eigenvalue weighted by atomic mass is 10.2. The summed E-state index contributed by atoms with van der Waals surface area (Å²) in [6, 6.07) is 13.2. The SMILES string of the molecule is CCC(C)Oc1cccc(C(=O)NNC(=O)c2ccc(Cl)cc2)c1. The Morgan fingerprint density at radius 2 is 1.67 bits per heavy atom. The van der Waals surface area contributed by atoms with E-state index in [4.69, 9.17) is 16.3 Å². The average molecular weight is 347 g/mol. The summed E-state index contributed by atoms with van der Waals surface area (Å²) in [5.74, 6) is -0.236. The smallest absolute Gasteiger partial charge is 0.269 e. The van der Waals surface area contributed by atoms with Crippen molar-refractivity contribution >= 4 is 23.4 Å². The molecule has 126 valence electrons. The second-order valence-electron chi connectivity index (χ2n) is 5.28. The Labute approximate surface area is 145 Å². The van der Waals surface area contributed by atoms with Gasteiger partial charge in [0.2, 0.25) is 0 Å². The Morgan fingerprint density at radius 1 is 1.04 bits per heavy atom. The molecule has 0 aromatic heterocycles. The number of hydrogen-bond donors (Lipinski definition) is 2. The molecule has 2 N–H and O–H groups in total. The van der Waals surface area contributed by atoms with Gasteiger partial charge in [0.05, 0.1) is 6.10 Å². The molecule has 5 nitrogen and oxygen atoms in total. The molecule has 0 aliphatic carbocycles. The van der Waals surface area contributed by atoms with Crippen molar-refractivity contribution in [1.29, 1.82) is 0 Å². The van der Waals surface area contributed by atoms with Crippen molar-refractivity contribution in [2.75, 3.05) is 0 Å². The van der Waals surface area contributed by atoms with Crippen molar-refractivity contribution in [2.24, 2.45) is 0 Å². The molecule has 0 spiro atoms. The van der Waals surface area contributed by atoms with Crippen LogP contribution in [-0.4, -0.2) is 17.9 Å². The molecule has 2 rings (SSSR count). The van der Waals surface area contributed by atoms with Gasteiger partial charge in [0.25, 0.3) is 11.8 Å². The van der Waals surface area contributed by atoms with Crippen LogP contribution in [0, 0.1) is 0 Å². The van der Waals surface area contributed by atoms with Gasteiger partial charge in [-0.3, -0.25) is 20.4 Å². The molecule has 0 aliphatic rings. The van der Waals surface area contributed by atoms with Gasteiger partial charge in [-0.2, -0.15) is 0 Å². The molecule has 0 saturated heterocycles. The maximum absolute atomic E-state index is 12.1. The summed E-state index contributed by atoms with van der Waals surface area (Å²) < 4.78 is 5.68. The van der Waals surface area contributed by atoms with Crippen LogP contribution in [0.15, 0.2) is 48.5 Å². The zero-order valence-corrected chi connectivity index (χ0v) is 14.3. The van der Waals surface area contributed by atoms with Crippen LogP contribution in [0.5, 0.6) is 5.75 Å². The lowest BCUT2D eigenvalue weighted by Gasteiger charge is -2.13. The van der Waals surface area contributed by atoms with Crippen LogP contribution in [0.2, 0.25) is 5.02 Å². The van der Waals surface area contributed by atoms with E-state index in [9.17, 15) is 9.59 Å². The number of rotatable bonds is 5. The van der Waals surface area contributed by atoms with E-state index in [1.54, 1.807) is 48.5 Å². The number of amides is 2. The summed E-state index contributed by atoms with van der Waals surface area (Å²) in [7, 11) is 0. The van der Waals surface area contributed by atoms with E-state index < -0.39 is 11.8 Å². The molecule has 0 aliphatic heterocycles. The fourth-order valence-electron chi connectivity index (χ4n) is 1.89. The molecule has 1 atom stereocenters. The molecule has 0 saturated carbocycles. The Hall–Kier alpha value is -2.53. The summed E-state index contributed by atoms with van der Waals surface area (Å²) in [5.41, 5.74) is 5.54. The van der Waals surface area contributed by atoms with Gasteiger partial charge in [0, 0.05) is 16.1 Å². The van der Waals surface area contributed by atoms with E-state index >= 15 is 0 Å². The third-order valence-electron chi connectivity index (χ3n) is 3.40. The predicted octanol–water partition coefficient (Wildman–Crippen LogP) is 3.59. The van der Waals surface area contributed by atoms with Crippen LogP contribution in [-0.2, 0) is 0 Å². The van der Waals surface area contributed by atoms with Crippen LogP contribution in [0.25, 0.3) is 0 Å². The van der Waals surface area contributed by atoms with Crippen LogP contribution < -0.4 is 15.6 Å². The van der Waals surface area contributed by atoms with Crippen molar-refractivity contribution < 1.29 is 14.3 Å². The van der Waals surface area contributed by atoms with Gasteiger partial charge in [0.15, 0.2) is 0 Å². The van der Waals surface area contributed by atoms with Gasteiger partial charge in [-0.1, -0.05) is 24.6 Å². The minimum Gasteiger partial charge on any atom is -0.491 e. The summed E-state index contributed by atoms with van der Waals surface area (Å²) in [4.78, 5) is 24.1. The molecule has 6 heteroatoms. The molecule has 0 heterocycles. The van der Waals surface area contributed by atoms with Crippen molar-refractivity contribution in [3.05, 3.63) is 64.7 Å². The number of ether oxygens (including phenoxy) is 1. The van der Waals surface area contributed by atoms with E-state index in [0.717, 1.165) is 6.42 Å². The van der Waals surface area contributed by atoms with E-state index in [2.05, 4.69) is 10.9 Å². The van der Waals surface area contributed by atoms with Crippen molar-refractivity contribution in [2.45, 2.75) is 26.4 Å². The standard InChI is InChI=1S/C18H19ClN2O3/c1-3-12(2)24-16-6-4-5-14(11-16)18(23)21-20-17(22)13-7-9-15(19)10-8-13/h4-12H,3H2,1-2H3,(H,20,22)(H,21,23). The monoisotopic (exact) mass is 346 g/mol. The highest BCUT2D eigenvalue weighted by Gasteiger charge is 2.10. The number of hydrazine groups is 1. The van der Waals surface area contributed by atoms with Gasteiger partial charge < -0.3 is 4.74 Å². The van der Waals surface area contributed by atoms with E-state index in [-0.39, 0.29) is 6.10 Å². The van der Waals surface area contributed by atoms with Crippen LogP contribution >= 0.6 is 11.6 Å². The molecule has 2 aromatic rings. The van der Waals surface area contributed by atoms with Gasteiger partial charge in [-0.05, 0) is 55.8 Å². The van der Waals surface area contributed by atoms with Crippen LogP contribution in [0.4, 0.5) is 0 Å². The maximum Gasteiger partial charge on any atom is 0.269 e. The molecule has 1 unspecified atom stereocenters.